The molecule has 0 unspecified atom stereocenters. The monoisotopic (exact) mass is 204 g/mol. The van der Waals surface area contributed by atoms with Crippen molar-refractivity contribution in [3.05, 3.63) is 40.4 Å². The number of hydrogen-bond donors (Lipinski definition) is 1. The Hall–Kier alpha value is -2.17. The minimum Gasteiger partial charge on any atom is -0.465 e. The van der Waals surface area contributed by atoms with Crippen LogP contribution in [0.4, 0.5) is 0 Å². The molecule has 0 radical (unpaired) electrons. The lowest BCUT2D eigenvalue weighted by Crippen LogP contribution is -2.11. The van der Waals surface area contributed by atoms with Gasteiger partial charge in [0.25, 0.3) is 0 Å². The van der Waals surface area contributed by atoms with Gasteiger partial charge in [0.1, 0.15) is 0 Å². The Morgan fingerprint density at radius 2 is 2.27 bits per heavy atom. The summed E-state index contributed by atoms with van der Waals surface area (Å²) >= 11 is 0. The van der Waals surface area contributed by atoms with Crippen LogP contribution >= 0.6 is 0 Å². The van der Waals surface area contributed by atoms with E-state index in [1.807, 2.05) is 0 Å². The van der Waals surface area contributed by atoms with Crippen molar-refractivity contribution in [2.24, 2.45) is 0 Å². The number of carbonyl (C=O) groups excluding carboxylic acids is 1. The highest BCUT2D eigenvalue weighted by atomic mass is 16.5. The summed E-state index contributed by atoms with van der Waals surface area (Å²) in [6, 6.07) is 5.05. The molecule has 0 aliphatic heterocycles. The molecular formula is C10H8N2O3. The molecule has 0 atom stereocenters. The van der Waals surface area contributed by atoms with Crippen molar-refractivity contribution in [3.8, 4) is 0 Å². The van der Waals surface area contributed by atoms with Crippen molar-refractivity contribution in [3.63, 3.8) is 0 Å². The van der Waals surface area contributed by atoms with Crippen molar-refractivity contribution in [2.45, 2.75) is 0 Å². The summed E-state index contributed by atoms with van der Waals surface area (Å²) in [6.45, 7) is 0. The molecule has 2 aromatic rings. The van der Waals surface area contributed by atoms with Crippen LogP contribution in [0.1, 0.15) is 10.4 Å². The zero-order valence-electron chi connectivity index (χ0n) is 7.98. The molecule has 2 rings (SSSR count). The van der Waals surface area contributed by atoms with Gasteiger partial charge in [-0.25, -0.2) is 14.6 Å². The first-order valence-corrected chi connectivity index (χ1v) is 4.29. The highest BCUT2D eigenvalue weighted by Gasteiger charge is 2.10. The molecule has 0 amide bonds. The van der Waals surface area contributed by atoms with E-state index in [0.29, 0.717) is 16.5 Å². The SMILES string of the molecule is COC(=O)c1cccc2cnc(=O)[nH]c12. The van der Waals surface area contributed by atoms with Crippen molar-refractivity contribution >= 4 is 16.9 Å². The van der Waals surface area contributed by atoms with E-state index in [4.69, 9.17) is 0 Å². The number of ether oxygens (including phenoxy) is 1. The summed E-state index contributed by atoms with van der Waals surface area (Å²) in [5, 5.41) is 0.692. The van der Waals surface area contributed by atoms with Gasteiger partial charge in [-0.3, -0.25) is 0 Å². The Kier molecular flexibility index (Phi) is 2.21. The third-order valence-electron chi connectivity index (χ3n) is 2.05. The quantitative estimate of drug-likeness (QED) is 0.694. The van der Waals surface area contributed by atoms with E-state index in [1.54, 1.807) is 18.2 Å². The van der Waals surface area contributed by atoms with Gasteiger partial charge in [-0.2, -0.15) is 0 Å². The molecule has 0 saturated heterocycles. The largest absolute Gasteiger partial charge is 0.465 e. The topological polar surface area (TPSA) is 72.0 Å². The summed E-state index contributed by atoms with van der Waals surface area (Å²) in [4.78, 5) is 28.5. The molecular weight excluding hydrogens is 196 g/mol. The number of H-pyrrole nitrogens is 1. The molecule has 5 nitrogen and oxygen atoms in total. The van der Waals surface area contributed by atoms with Gasteiger partial charge in [0, 0.05) is 11.6 Å². The van der Waals surface area contributed by atoms with Crippen LogP contribution in [0, 0.1) is 0 Å². The number of rotatable bonds is 1. The van der Waals surface area contributed by atoms with E-state index < -0.39 is 11.7 Å². The van der Waals surface area contributed by atoms with E-state index in [1.165, 1.54) is 13.3 Å². The standard InChI is InChI=1S/C10H8N2O3/c1-15-9(13)7-4-2-3-6-5-11-10(14)12-8(6)7/h2-5H,1H3,(H,11,12,14). The maximum Gasteiger partial charge on any atom is 0.345 e. The van der Waals surface area contributed by atoms with E-state index in [-0.39, 0.29) is 0 Å². The Morgan fingerprint density at radius 3 is 3.00 bits per heavy atom. The van der Waals surface area contributed by atoms with Crippen molar-refractivity contribution in [1.29, 1.82) is 0 Å². The molecule has 0 spiro atoms. The summed E-state index contributed by atoms with van der Waals surface area (Å²) in [7, 11) is 1.29. The van der Waals surface area contributed by atoms with Gasteiger partial charge in [0.05, 0.1) is 18.2 Å². The second kappa shape index (κ2) is 3.53. The van der Waals surface area contributed by atoms with Crippen LogP contribution in [0.5, 0.6) is 0 Å². The van der Waals surface area contributed by atoms with Crippen LogP contribution in [-0.2, 0) is 4.74 Å². The van der Waals surface area contributed by atoms with Crippen LogP contribution in [0.15, 0.2) is 29.2 Å². The predicted molar refractivity (Wildman–Crippen MR) is 53.7 cm³/mol. The van der Waals surface area contributed by atoms with Crippen LogP contribution in [-0.4, -0.2) is 23.0 Å². The number of nitrogens with one attached hydrogen (secondary N) is 1. The molecule has 0 fully saturated rings. The Morgan fingerprint density at radius 1 is 1.47 bits per heavy atom. The molecule has 1 heterocycles. The fraction of sp³-hybridized carbons (Fsp3) is 0.100. The first-order chi connectivity index (χ1) is 7.22. The fourth-order valence-electron chi connectivity index (χ4n) is 1.36. The van der Waals surface area contributed by atoms with Gasteiger partial charge in [0.15, 0.2) is 0 Å². The number of esters is 1. The van der Waals surface area contributed by atoms with Crippen LogP contribution < -0.4 is 5.69 Å². The van der Waals surface area contributed by atoms with E-state index in [0.717, 1.165) is 0 Å². The smallest absolute Gasteiger partial charge is 0.345 e. The number of hydrogen-bond acceptors (Lipinski definition) is 4. The second-order valence-corrected chi connectivity index (χ2v) is 2.95. The maximum absolute atomic E-state index is 11.4. The average molecular weight is 204 g/mol. The van der Waals surface area contributed by atoms with Gasteiger partial charge in [-0.1, -0.05) is 12.1 Å². The van der Waals surface area contributed by atoms with Crippen molar-refractivity contribution < 1.29 is 9.53 Å². The number of benzene rings is 1. The first kappa shape index (κ1) is 9.39. The fourth-order valence-corrected chi connectivity index (χ4v) is 1.36. The summed E-state index contributed by atoms with van der Waals surface area (Å²) in [5.41, 5.74) is 0.290. The summed E-state index contributed by atoms with van der Waals surface area (Å²) in [5.74, 6) is -0.484. The van der Waals surface area contributed by atoms with Crippen LogP contribution in [0.2, 0.25) is 0 Å². The molecule has 1 N–H and O–H groups in total. The lowest BCUT2D eigenvalue weighted by molar-refractivity contribution is 0.0603. The second-order valence-electron chi connectivity index (χ2n) is 2.95. The number of para-hydroxylation sites is 1. The molecule has 0 aliphatic rings. The zero-order valence-corrected chi connectivity index (χ0v) is 7.98. The van der Waals surface area contributed by atoms with Gasteiger partial charge in [0.2, 0.25) is 0 Å². The summed E-state index contributed by atoms with van der Waals surface area (Å²) in [6.07, 6.45) is 1.42. The minimum absolute atomic E-state index is 0.328. The van der Waals surface area contributed by atoms with Gasteiger partial charge in [-0.15, -0.1) is 0 Å². The molecule has 5 heteroatoms. The van der Waals surface area contributed by atoms with E-state index in [2.05, 4.69) is 14.7 Å². The van der Waals surface area contributed by atoms with Crippen molar-refractivity contribution in [1.82, 2.24) is 9.97 Å². The average Bonchev–Trinajstić information content (AvgIpc) is 2.27. The lowest BCUT2D eigenvalue weighted by Gasteiger charge is -2.02. The first-order valence-electron chi connectivity index (χ1n) is 4.29. The number of nitrogens with zero attached hydrogens (tertiary/aromatic N) is 1. The minimum atomic E-state index is -0.487. The van der Waals surface area contributed by atoms with Crippen LogP contribution in [0.3, 0.4) is 0 Å². The Balaban J connectivity index is 2.79. The highest BCUT2D eigenvalue weighted by Crippen LogP contribution is 2.14. The molecule has 0 bridgehead atoms. The lowest BCUT2D eigenvalue weighted by atomic mass is 10.1. The third-order valence-corrected chi connectivity index (χ3v) is 2.05. The molecule has 15 heavy (non-hydrogen) atoms. The molecule has 0 aliphatic carbocycles. The predicted octanol–water partition coefficient (Wildman–Crippen LogP) is 0.710. The molecule has 76 valence electrons. The molecule has 1 aromatic heterocycles. The Bertz CT molecular complexity index is 574. The molecule has 1 aromatic carbocycles. The number of aromatic amines is 1. The number of methoxy groups -OCH3 is 1. The summed E-state index contributed by atoms with van der Waals surface area (Å²) < 4.78 is 4.60. The van der Waals surface area contributed by atoms with Gasteiger partial charge in [-0.05, 0) is 6.07 Å². The number of aromatic nitrogens is 2. The van der Waals surface area contributed by atoms with E-state index in [9.17, 15) is 9.59 Å². The van der Waals surface area contributed by atoms with E-state index >= 15 is 0 Å². The number of carbonyl (C=O) groups is 1. The highest BCUT2D eigenvalue weighted by molar-refractivity contribution is 6.02. The number of fused-ring (bicyclic) bond motifs is 1. The van der Waals surface area contributed by atoms with Gasteiger partial charge >= 0.3 is 11.7 Å². The maximum atomic E-state index is 11.4. The van der Waals surface area contributed by atoms with Gasteiger partial charge < -0.3 is 9.72 Å². The third kappa shape index (κ3) is 1.59. The molecule has 0 saturated carbocycles. The van der Waals surface area contributed by atoms with Crippen LogP contribution in [0.25, 0.3) is 10.9 Å². The Labute approximate surface area is 84.7 Å². The zero-order chi connectivity index (χ0) is 10.8. The normalized spacial score (nSPS) is 10.2. The van der Waals surface area contributed by atoms with Crippen molar-refractivity contribution in [2.75, 3.05) is 7.11 Å².